The van der Waals surface area contributed by atoms with Crippen LogP contribution in [0, 0.1) is 0 Å². The van der Waals surface area contributed by atoms with Crippen LogP contribution in [0.4, 0.5) is 0 Å². The summed E-state index contributed by atoms with van der Waals surface area (Å²) in [6.07, 6.45) is 68.8. The molecule has 0 aliphatic heterocycles. The summed E-state index contributed by atoms with van der Waals surface area (Å²) in [6, 6.07) is -0.634. The molecular weight excluding hydrogens is 815 g/mol. The number of ether oxygens (including phenoxy) is 1. The number of amides is 1. The van der Waals surface area contributed by atoms with Gasteiger partial charge in [0.25, 0.3) is 0 Å². The van der Waals surface area contributed by atoms with E-state index in [0.29, 0.717) is 19.4 Å². The molecule has 0 saturated carbocycles. The van der Waals surface area contributed by atoms with Crippen LogP contribution in [0.25, 0.3) is 0 Å². The van der Waals surface area contributed by atoms with Gasteiger partial charge in [0.2, 0.25) is 5.91 Å². The van der Waals surface area contributed by atoms with Gasteiger partial charge in [0.15, 0.2) is 0 Å². The lowest BCUT2D eigenvalue weighted by molar-refractivity contribution is -0.143. The third-order valence-electron chi connectivity index (χ3n) is 13.4. The Morgan fingerprint density at radius 2 is 0.712 bits per heavy atom. The molecule has 0 bridgehead atoms. The molecule has 0 fully saturated rings. The molecule has 66 heavy (non-hydrogen) atoms. The number of aliphatic hydroxyl groups excluding tert-OH is 2. The summed E-state index contributed by atoms with van der Waals surface area (Å²) < 4.78 is 5.48. The minimum Gasteiger partial charge on any atom is -0.466 e. The maximum Gasteiger partial charge on any atom is 0.305 e. The van der Waals surface area contributed by atoms with Gasteiger partial charge in [0, 0.05) is 12.8 Å². The second-order valence-corrected chi connectivity index (χ2v) is 20.0. The van der Waals surface area contributed by atoms with Crippen molar-refractivity contribution < 1.29 is 24.5 Å². The van der Waals surface area contributed by atoms with Crippen LogP contribution in [0.1, 0.15) is 309 Å². The van der Waals surface area contributed by atoms with Gasteiger partial charge < -0.3 is 20.3 Å². The lowest BCUT2D eigenvalue weighted by Crippen LogP contribution is -2.45. The second-order valence-electron chi connectivity index (χ2n) is 20.0. The van der Waals surface area contributed by atoms with Crippen molar-refractivity contribution in [1.82, 2.24) is 5.32 Å². The smallest absolute Gasteiger partial charge is 0.305 e. The molecule has 0 spiro atoms. The van der Waals surface area contributed by atoms with Gasteiger partial charge in [-0.25, -0.2) is 0 Å². The maximum absolute atomic E-state index is 12.4. The Morgan fingerprint density at radius 3 is 1.08 bits per heavy atom. The number of rotatable bonds is 54. The molecule has 0 radical (unpaired) electrons. The van der Waals surface area contributed by atoms with Crippen LogP contribution in [0.2, 0.25) is 0 Å². The molecule has 0 rings (SSSR count). The largest absolute Gasteiger partial charge is 0.466 e. The lowest BCUT2D eigenvalue weighted by atomic mass is 10.0. The monoisotopic (exact) mass is 928 g/mol. The van der Waals surface area contributed by atoms with Crippen molar-refractivity contribution in [3.63, 3.8) is 0 Å². The number of aliphatic hydroxyl groups is 2. The van der Waals surface area contributed by atoms with Crippen LogP contribution in [-0.2, 0) is 14.3 Å². The summed E-state index contributed by atoms with van der Waals surface area (Å²) in [7, 11) is 0. The molecule has 0 heterocycles. The molecule has 0 aromatic carbocycles. The Hall–Kier alpha value is -1.92. The van der Waals surface area contributed by atoms with Crippen molar-refractivity contribution in [3.8, 4) is 0 Å². The van der Waals surface area contributed by atoms with E-state index in [4.69, 9.17) is 4.74 Å². The number of carbonyl (C=O) groups is 2. The molecule has 0 aliphatic rings. The molecule has 6 nitrogen and oxygen atoms in total. The number of hydrogen-bond donors (Lipinski definition) is 3. The summed E-state index contributed by atoms with van der Waals surface area (Å²) in [5, 5.41) is 23.1. The van der Waals surface area contributed by atoms with Crippen LogP contribution >= 0.6 is 0 Å². The highest BCUT2D eigenvalue weighted by molar-refractivity contribution is 5.76. The Morgan fingerprint density at radius 1 is 0.409 bits per heavy atom. The quantitative estimate of drug-likeness (QED) is 0.0321. The molecule has 2 unspecified atom stereocenters. The van der Waals surface area contributed by atoms with Gasteiger partial charge >= 0.3 is 5.97 Å². The van der Waals surface area contributed by atoms with E-state index in [9.17, 15) is 19.8 Å². The summed E-state index contributed by atoms with van der Waals surface area (Å²) in [4.78, 5) is 24.5. The number of unbranched alkanes of at least 4 members (excludes halogenated alkanes) is 39. The third kappa shape index (κ3) is 51.5. The van der Waals surface area contributed by atoms with Gasteiger partial charge in [-0.2, -0.15) is 0 Å². The second kappa shape index (κ2) is 55.7. The van der Waals surface area contributed by atoms with Crippen LogP contribution < -0.4 is 5.32 Å². The first-order valence-corrected chi connectivity index (χ1v) is 29.3. The maximum atomic E-state index is 12.4. The SMILES string of the molecule is CCCCCCCCC/C=C\CCCCCCCC(=O)OCCCCCCCCCCC/C=C\CCCCCCCCCC(=O)NC(CO)C(O)/C=C/CCCCCCCCCCCCC. The van der Waals surface area contributed by atoms with Crippen molar-refractivity contribution in [2.45, 2.75) is 321 Å². The average molecular weight is 929 g/mol. The highest BCUT2D eigenvalue weighted by Gasteiger charge is 2.18. The van der Waals surface area contributed by atoms with Crippen LogP contribution in [-0.4, -0.2) is 47.4 Å². The van der Waals surface area contributed by atoms with Crippen LogP contribution in [0.15, 0.2) is 36.5 Å². The number of carbonyl (C=O) groups excluding carboxylic acids is 2. The zero-order valence-electron chi connectivity index (χ0n) is 44.2. The predicted octanol–water partition coefficient (Wildman–Crippen LogP) is 18.0. The van der Waals surface area contributed by atoms with Gasteiger partial charge in [-0.15, -0.1) is 0 Å². The van der Waals surface area contributed by atoms with Crippen LogP contribution in [0.3, 0.4) is 0 Å². The topological polar surface area (TPSA) is 95.9 Å². The van der Waals surface area contributed by atoms with E-state index in [1.807, 2.05) is 6.08 Å². The zero-order chi connectivity index (χ0) is 47.9. The molecule has 6 heteroatoms. The molecule has 388 valence electrons. The number of esters is 1. The van der Waals surface area contributed by atoms with E-state index >= 15 is 0 Å². The average Bonchev–Trinajstić information content (AvgIpc) is 3.32. The standard InChI is InChI=1S/C60H113NO5/c1-3-5-7-9-11-13-15-17-18-26-30-34-38-42-46-50-54-60(65)66-55-51-47-43-39-35-31-27-24-22-20-19-21-23-25-29-33-37-41-45-49-53-59(64)61-57(56-62)58(63)52-48-44-40-36-32-28-16-14-12-10-8-6-4-2/h18-19,21,26,48,52,57-58,62-63H,3-17,20,22-25,27-47,49-51,53-56H2,1-2H3,(H,61,64)/b21-19-,26-18-,52-48+. The highest BCUT2D eigenvalue weighted by Crippen LogP contribution is 2.16. The molecule has 0 saturated heterocycles. The molecule has 0 aromatic heterocycles. The van der Waals surface area contributed by atoms with Crippen molar-refractivity contribution in [3.05, 3.63) is 36.5 Å². The Bertz CT molecular complexity index is 1070. The number of hydrogen-bond acceptors (Lipinski definition) is 5. The molecule has 2 atom stereocenters. The lowest BCUT2D eigenvalue weighted by Gasteiger charge is -2.20. The molecule has 1 amide bonds. The van der Waals surface area contributed by atoms with Crippen molar-refractivity contribution in [1.29, 1.82) is 0 Å². The molecular formula is C60H113NO5. The summed E-state index contributed by atoms with van der Waals surface area (Å²) in [5.74, 6) is -0.0792. The van der Waals surface area contributed by atoms with Crippen LogP contribution in [0.5, 0.6) is 0 Å². The first kappa shape index (κ1) is 64.1. The van der Waals surface area contributed by atoms with E-state index < -0.39 is 12.1 Å². The van der Waals surface area contributed by atoms with E-state index in [1.54, 1.807) is 6.08 Å². The van der Waals surface area contributed by atoms with Crippen molar-refractivity contribution in [2.75, 3.05) is 13.2 Å². The number of nitrogens with one attached hydrogen (secondary N) is 1. The minimum absolute atomic E-state index is 0.00210. The Labute approximate surface area is 411 Å². The summed E-state index contributed by atoms with van der Waals surface area (Å²) in [6.45, 7) is 4.89. The molecule has 0 aliphatic carbocycles. The van der Waals surface area contributed by atoms with Crippen molar-refractivity contribution >= 4 is 11.9 Å². The van der Waals surface area contributed by atoms with Gasteiger partial charge in [0.05, 0.1) is 25.4 Å². The first-order chi connectivity index (χ1) is 32.5. The fourth-order valence-corrected chi connectivity index (χ4v) is 8.86. The van der Waals surface area contributed by atoms with Gasteiger partial charge in [-0.3, -0.25) is 9.59 Å². The fraction of sp³-hybridized carbons (Fsp3) is 0.867. The highest BCUT2D eigenvalue weighted by atomic mass is 16.5. The minimum atomic E-state index is -0.849. The third-order valence-corrected chi connectivity index (χ3v) is 13.4. The number of allylic oxidation sites excluding steroid dienone is 5. The Kier molecular flexibility index (Phi) is 54.1. The van der Waals surface area contributed by atoms with Gasteiger partial charge in [-0.1, -0.05) is 249 Å². The van der Waals surface area contributed by atoms with E-state index in [0.717, 1.165) is 51.4 Å². The molecule has 3 N–H and O–H groups in total. The zero-order valence-corrected chi connectivity index (χ0v) is 44.2. The van der Waals surface area contributed by atoms with Gasteiger partial charge in [0.1, 0.15) is 0 Å². The van der Waals surface area contributed by atoms with Crippen molar-refractivity contribution in [2.24, 2.45) is 0 Å². The molecule has 0 aromatic rings. The first-order valence-electron chi connectivity index (χ1n) is 29.3. The Balaban J connectivity index is 3.45. The van der Waals surface area contributed by atoms with E-state index in [1.165, 1.54) is 231 Å². The predicted molar refractivity (Wildman–Crippen MR) is 287 cm³/mol. The van der Waals surface area contributed by atoms with Gasteiger partial charge in [-0.05, 0) is 83.5 Å². The fourth-order valence-electron chi connectivity index (χ4n) is 8.86. The summed E-state index contributed by atoms with van der Waals surface area (Å²) >= 11 is 0. The van der Waals surface area contributed by atoms with E-state index in [2.05, 4.69) is 43.5 Å². The normalized spacial score (nSPS) is 12.8. The van der Waals surface area contributed by atoms with E-state index in [-0.39, 0.29) is 18.5 Å². The summed E-state index contributed by atoms with van der Waals surface area (Å²) in [5.41, 5.74) is 0.